The first-order valence-electron chi connectivity index (χ1n) is 8.43. The summed E-state index contributed by atoms with van der Waals surface area (Å²) < 4.78 is 0. The predicted octanol–water partition coefficient (Wildman–Crippen LogP) is 4.82. The Morgan fingerprint density at radius 3 is 2.54 bits per heavy atom. The standard InChI is InChI=1S/C21H20N2O/c1-2-13-23-20(22-19-10-6-5-9-18(19)21(23)24)17-12-11-15-7-3-4-8-16(15)14-17/h3-12,14,20,22H,2,13H2,1H3. The molecule has 120 valence electrons. The average Bonchev–Trinajstić information content (AvgIpc) is 2.63. The maximum atomic E-state index is 12.9. The van der Waals surface area contributed by atoms with Crippen LogP contribution in [0.15, 0.2) is 66.7 Å². The fourth-order valence-electron chi connectivity index (χ4n) is 3.41. The molecule has 1 N–H and O–H groups in total. The number of hydrogen-bond acceptors (Lipinski definition) is 2. The van der Waals surface area contributed by atoms with Gasteiger partial charge in [0, 0.05) is 12.2 Å². The lowest BCUT2D eigenvalue weighted by molar-refractivity contribution is 0.0683. The van der Waals surface area contributed by atoms with Crippen LogP contribution in [-0.2, 0) is 0 Å². The normalized spacial score (nSPS) is 16.8. The van der Waals surface area contributed by atoms with Gasteiger partial charge in [-0.25, -0.2) is 0 Å². The number of amides is 1. The molecule has 1 aliphatic heterocycles. The summed E-state index contributed by atoms with van der Waals surface area (Å²) in [7, 11) is 0. The average molecular weight is 316 g/mol. The topological polar surface area (TPSA) is 32.3 Å². The molecule has 3 nitrogen and oxygen atoms in total. The van der Waals surface area contributed by atoms with E-state index in [1.54, 1.807) is 0 Å². The van der Waals surface area contributed by atoms with Gasteiger partial charge < -0.3 is 10.2 Å². The molecule has 1 atom stereocenters. The van der Waals surface area contributed by atoms with Gasteiger partial charge in [0.2, 0.25) is 0 Å². The number of nitrogens with one attached hydrogen (secondary N) is 1. The van der Waals surface area contributed by atoms with E-state index in [1.807, 2.05) is 41.3 Å². The van der Waals surface area contributed by atoms with E-state index in [1.165, 1.54) is 10.8 Å². The summed E-state index contributed by atoms with van der Waals surface area (Å²) in [6.07, 6.45) is 0.802. The Hall–Kier alpha value is -2.81. The van der Waals surface area contributed by atoms with Crippen molar-refractivity contribution in [3.63, 3.8) is 0 Å². The number of rotatable bonds is 3. The lowest BCUT2D eigenvalue weighted by atomic mass is 10.0. The number of carbonyl (C=O) groups is 1. The van der Waals surface area contributed by atoms with E-state index in [4.69, 9.17) is 0 Å². The first-order chi connectivity index (χ1) is 11.8. The minimum Gasteiger partial charge on any atom is -0.361 e. The van der Waals surface area contributed by atoms with Crippen molar-refractivity contribution in [2.75, 3.05) is 11.9 Å². The third-order valence-electron chi connectivity index (χ3n) is 4.58. The summed E-state index contributed by atoms with van der Waals surface area (Å²) in [5.41, 5.74) is 2.78. The number of carbonyl (C=O) groups excluding carboxylic acids is 1. The van der Waals surface area contributed by atoms with Crippen molar-refractivity contribution in [2.45, 2.75) is 19.5 Å². The van der Waals surface area contributed by atoms with Gasteiger partial charge >= 0.3 is 0 Å². The van der Waals surface area contributed by atoms with Crippen LogP contribution in [0.1, 0.15) is 35.4 Å². The molecular formula is C21H20N2O. The molecule has 0 aromatic heterocycles. The first-order valence-corrected chi connectivity index (χ1v) is 8.43. The van der Waals surface area contributed by atoms with Gasteiger partial charge in [-0.05, 0) is 41.0 Å². The lowest BCUT2D eigenvalue weighted by Crippen LogP contribution is -2.43. The predicted molar refractivity (Wildman–Crippen MR) is 98.1 cm³/mol. The molecule has 0 spiro atoms. The van der Waals surface area contributed by atoms with E-state index in [9.17, 15) is 4.79 Å². The molecule has 1 unspecified atom stereocenters. The van der Waals surface area contributed by atoms with Gasteiger partial charge in [-0.3, -0.25) is 4.79 Å². The summed E-state index contributed by atoms with van der Waals surface area (Å²) in [6, 6.07) is 22.5. The number of para-hydroxylation sites is 1. The molecule has 0 radical (unpaired) electrons. The smallest absolute Gasteiger partial charge is 0.257 e. The molecule has 4 rings (SSSR count). The fourth-order valence-corrected chi connectivity index (χ4v) is 3.41. The molecule has 1 amide bonds. The Kier molecular flexibility index (Phi) is 3.69. The highest BCUT2D eigenvalue weighted by Gasteiger charge is 2.32. The van der Waals surface area contributed by atoms with Crippen LogP contribution in [-0.4, -0.2) is 17.4 Å². The van der Waals surface area contributed by atoms with E-state index >= 15 is 0 Å². The van der Waals surface area contributed by atoms with Gasteiger partial charge in [0.05, 0.1) is 5.56 Å². The van der Waals surface area contributed by atoms with Crippen molar-refractivity contribution in [3.05, 3.63) is 77.9 Å². The van der Waals surface area contributed by atoms with Crippen molar-refractivity contribution in [2.24, 2.45) is 0 Å². The Morgan fingerprint density at radius 1 is 0.958 bits per heavy atom. The summed E-state index contributed by atoms with van der Waals surface area (Å²) in [5, 5.41) is 5.96. The largest absolute Gasteiger partial charge is 0.361 e. The number of hydrogen-bond donors (Lipinski definition) is 1. The highest BCUT2D eigenvalue weighted by atomic mass is 16.2. The maximum absolute atomic E-state index is 12.9. The monoisotopic (exact) mass is 316 g/mol. The van der Waals surface area contributed by atoms with Crippen LogP contribution in [0.25, 0.3) is 10.8 Å². The Labute approximate surface area is 141 Å². The van der Waals surface area contributed by atoms with Crippen LogP contribution < -0.4 is 5.32 Å². The Balaban J connectivity index is 1.80. The van der Waals surface area contributed by atoms with Gasteiger partial charge in [-0.1, -0.05) is 55.5 Å². The van der Waals surface area contributed by atoms with Gasteiger partial charge in [0.15, 0.2) is 0 Å². The minimum atomic E-state index is -0.128. The Bertz CT molecular complexity index is 903. The zero-order chi connectivity index (χ0) is 16.5. The molecule has 0 aliphatic carbocycles. The molecule has 24 heavy (non-hydrogen) atoms. The van der Waals surface area contributed by atoms with Crippen LogP contribution >= 0.6 is 0 Å². The molecule has 3 aromatic rings. The van der Waals surface area contributed by atoms with E-state index < -0.39 is 0 Å². The van der Waals surface area contributed by atoms with Gasteiger partial charge in [-0.15, -0.1) is 0 Å². The molecule has 0 fully saturated rings. The molecule has 1 aliphatic rings. The van der Waals surface area contributed by atoms with Gasteiger partial charge in [0.25, 0.3) is 5.91 Å². The van der Waals surface area contributed by atoms with Crippen molar-refractivity contribution in [1.29, 1.82) is 0 Å². The van der Waals surface area contributed by atoms with Crippen LogP contribution in [0.4, 0.5) is 5.69 Å². The van der Waals surface area contributed by atoms with E-state index in [0.29, 0.717) is 0 Å². The molecule has 0 saturated carbocycles. The highest BCUT2D eigenvalue weighted by Crippen LogP contribution is 2.34. The van der Waals surface area contributed by atoms with Crippen molar-refractivity contribution >= 4 is 22.4 Å². The zero-order valence-electron chi connectivity index (χ0n) is 13.7. The second-order valence-corrected chi connectivity index (χ2v) is 6.20. The van der Waals surface area contributed by atoms with E-state index in [0.717, 1.165) is 29.8 Å². The lowest BCUT2D eigenvalue weighted by Gasteiger charge is -2.38. The molecular weight excluding hydrogens is 296 g/mol. The number of fused-ring (bicyclic) bond motifs is 2. The third-order valence-corrected chi connectivity index (χ3v) is 4.58. The fraction of sp³-hybridized carbons (Fsp3) is 0.190. The molecule has 3 heteroatoms. The highest BCUT2D eigenvalue weighted by molar-refractivity contribution is 6.01. The number of nitrogens with zero attached hydrogens (tertiary/aromatic N) is 1. The second-order valence-electron chi connectivity index (χ2n) is 6.20. The zero-order valence-corrected chi connectivity index (χ0v) is 13.7. The summed E-state index contributed by atoms with van der Waals surface area (Å²) in [4.78, 5) is 14.9. The number of anilines is 1. The van der Waals surface area contributed by atoms with Crippen LogP contribution in [0.3, 0.4) is 0 Å². The molecule has 1 heterocycles. The Morgan fingerprint density at radius 2 is 1.71 bits per heavy atom. The van der Waals surface area contributed by atoms with Crippen molar-refractivity contribution in [1.82, 2.24) is 4.90 Å². The second kappa shape index (κ2) is 6.00. The molecule has 0 saturated heterocycles. The van der Waals surface area contributed by atoms with Crippen LogP contribution in [0, 0.1) is 0 Å². The summed E-state index contributed by atoms with van der Waals surface area (Å²) >= 11 is 0. The minimum absolute atomic E-state index is 0.101. The molecule has 0 bridgehead atoms. The SMILES string of the molecule is CCCN1C(=O)c2ccccc2NC1c1ccc2ccccc2c1. The van der Waals surface area contributed by atoms with Gasteiger partial charge in [0.1, 0.15) is 6.17 Å². The van der Waals surface area contributed by atoms with E-state index in [2.05, 4.69) is 42.6 Å². The number of benzene rings is 3. The third kappa shape index (κ3) is 2.42. The molecule has 3 aromatic carbocycles. The quantitative estimate of drug-likeness (QED) is 0.751. The summed E-state index contributed by atoms with van der Waals surface area (Å²) in [5.74, 6) is 0.101. The van der Waals surface area contributed by atoms with Crippen LogP contribution in [0.2, 0.25) is 0 Å². The van der Waals surface area contributed by atoms with Crippen molar-refractivity contribution in [3.8, 4) is 0 Å². The van der Waals surface area contributed by atoms with Crippen molar-refractivity contribution < 1.29 is 4.79 Å². The van der Waals surface area contributed by atoms with Gasteiger partial charge in [-0.2, -0.15) is 0 Å². The first kappa shape index (κ1) is 14.8. The van der Waals surface area contributed by atoms with Crippen LogP contribution in [0.5, 0.6) is 0 Å². The van der Waals surface area contributed by atoms with E-state index in [-0.39, 0.29) is 12.1 Å². The summed E-state index contributed by atoms with van der Waals surface area (Å²) in [6.45, 7) is 2.84. The maximum Gasteiger partial charge on any atom is 0.257 e.